The molecule has 3 aliphatic heterocycles. The van der Waals surface area contributed by atoms with Gasteiger partial charge in [-0.25, -0.2) is 4.98 Å². The number of fused-ring (bicyclic) bond motifs is 1. The maximum absolute atomic E-state index is 13.7. The maximum Gasteiger partial charge on any atom is 0.251 e. The summed E-state index contributed by atoms with van der Waals surface area (Å²) in [6, 6.07) is 6.13. The highest BCUT2D eigenvalue weighted by Gasteiger charge is 2.52. The Morgan fingerprint density at radius 1 is 1.15 bits per heavy atom. The van der Waals surface area contributed by atoms with Gasteiger partial charge in [-0.2, -0.15) is 0 Å². The number of nitrogens with one attached hydrogen (secondary N) is 1. The fourth-order valence-electron chi connectivity index (χ4n) is 5.81. The minimum atomic E-state index is -0.702. The Balaban J connectivity index is 1.26. The van der Waals surface area contributed by atoms with Gasteiger partial charge in [0.15, 0.2) is 10.9 Å². The van der Waals surface area contributed by atoms with E-state index in [-0.39, 0.29) is 42.1 Å². The number of carbonyl (C=O) groups is 3. The smallest absolute Gasteiger partial charge is 0.251 e. The topological polar surface area (TPSA) is 95.1 Å². The molecule has 0 aliphatic carbocycles. The molecule has 3 aliphatic rings. The molecule has 2 aromatic rings. The molecule has 10 heteroatoms. The van der Waals surface area contributed by atoms with Crippen molar-refractivity contribution >= 4 is 34.1 Å². The summed E-state index contributed by atoms with van der Waals surface area (Å²) in [6.07, 6.45) is 1.09. The minimum absolute atomic E-state index is 0.0488. The van der Waals surface area contributed by atoms with Crippen LogP contribution in [0.5, 0.6) is 0 Å². The molecule has 210 valence electrons. The second-order valence-electron chi connectivity index (χ2n) is 11.4. The number of aromatic nitrogens is 1. The molecule has 1 aromatic carbocycles. The number of carbonyl (C=O) groups excluding carboxylic acids is 3. The quantitative estimate of drug-likeness (QED) is 0.537. The van der Waals surface area contributed by atoms with E-state index in [1.54, 1.807) is 28.4 Å². The first-order valence-corrected chi connectivity index (χ1v) is 14.9. The fraction of sp³-hybridized carbons (Fsp3) is 0.586. The van der Waals surface area contributed by atoms with Crippen LogP contribution in [0.1, 0.15) is 44.0 Å². The van der Waals surface area contributed by atoms with Gasteiger partial charge in [0, 0.05) is 55.1 Å². The molecule has 9 nitrogen and oxygen atoms in total. The third-order valence-corrected chi connectivity index (χ3v) is 9.02. The second kappa shape index (κ2) is 11.7. The average Bonchev–Trinajstić information content (AvgIpc) is 3.65. The number of Topliss-reactive ketones (excluding diaryl/α,β-unsaturated/α-hetero) is 1. The van der Waals surface area contributed by atoms with E-state index in [4.69, 9.17) is 9.72 Å². The van der Waals surface area contributed by atoms with Crippen molar-refractivity contribution < 1.29 is 19.1 Å². The Hall–Kier alpha value is -2.82. The van der Waals surface area contributed by atoms with Crippen molar-refractivity contribution in [3.8, 4) is 11.3 Å². The zero-order valence-corrected chi connectivity index (χ0v) is 24.1. The van der Waals surface area contributed by atoms with Crippen LogP contribution < -0.4 is 10.2 Å². The Labute approximate surface area is 234 Å². The van der Waals surface area contributed by atoms with Gasteiger partial charge < -0.3 is 24.8 Å². The molecule has 4 heterocycles. The van der Waals surface area contributed by atoms with Gasteiger partial charge in [0.25, 0.3) is 5.91 Å². The Kier molecular flexibility index (Phi) is 8.35. The van der Waals surface area contributed by atoms with Crippen molar-refractivity contribution in [3.05, 3.63) is 35.2 Å². The largest absolute Gasteiger partial charge is 0.367 e. The van der Waals surface area contributed by atoms with Crippen molar-refractivity contribution in [2.45, 2.75) is 51.8 Å². The van der Waals surface area contributed by atoms with Gasteiger partial charge in [0.05, 0.1) is 11.8 Å². The van der Waals surface area contributed by atoms with Crippen LogP contribution in [0.3, 0.4) is 0 Å². The van der Waals surface area contributed by atoms with Crippen LogP contribution in [0.25, 0.3) is 11.3 Å². The molecule has 0 unspecified atom stereocenters. The van der Waals surface area contributed by atoms with Crippen molar-refractivity contribution in [2.24, 2.45) is 11.8 Å². The number of hydrogen-bond donors (Lipinski definition) is 1. The van der Waals surface area contributed by atoms with E-state index >= 15 is 0 Å². The van der Waals surface area contributed by atoms with E-state index in [2.05, 4.69) is 34.5 Å². The van der Waals surface area contributed by atoms with Crippen LogP contribution in [0.15, 0.2) is 29.6 Å². The van der Waals surface area contributed by atoms with Gasteiger partial charge >= 0.3 is 0 Å². The normalized spacial score (nSPS) is 24.3. The third-order valence-electron chi connectivity index (χ3n) is 8.12. The Morgan fingerprint density at radius 2 is 1.87 bits per heavy atom. The van der Waals surface area contributed by atoms with Gasteiger partial charge in [0.1, 0.15) is 18.7 Å². The van der Waals surface area contributed by atoms with E-state index in [0.29, 0.717) is 18.5 Å². The number of amides is 2. The van der Waals surface area contributed by atoms with Crippen LogP contribution >= 0.6 is 11.3 Å². The lowest BCUT2D eigenvalue weighted by Crippen LogP contribution is -2.52. The summed E-state index contributed by atoms with van der Waals surface area (Å²) in [7, 11) is 2.14. The van der Waals surface area contributed by atoms with Crippen molar-refractivity contribution in [3.63, 3.8) is 0 Å². The van der Waals surface area contributed by atoms with Gasteiger partial charge in [-0.15, -0.1) is 11.3 Å². The number of likely N-dealkylation sites (tertiary alicyclic amines) is 1. The van der Waals surface area contributed by atoms with Crippen molar-refractivity contribution in [2.75, 3.05) is 51.3 Å². The van der Waals surface area contributed by atoms with Gasteiger partial charge in [-0.3, -0.25) is 14.4 Å². The molecule has 0 bridgehead atoms. The van der Waals surface area contributed by atoms with E-state index in [1.807, 2.05) is 26.0 Å². The van der Waals surface area contributed by atoms with E-state index in [1.165, 1.54) is 0 Å². The first-order chi connectivity index (χ1) is 18.7. The van der Waals surface area contributed by atoms with E-state index in [0.717, 1.165) is 49.0 Å². The molecule has 39 heavy (non-hydrogen) atoms. The predicted octanol–water partition coefficient (Wildman–Crippen LogP) is 2.91. The summed E-state index contributed by atoms with van der Waals surface area (Å²) in [5.74, 6) is -0.217. The second-order valence-corrected chi connectivity index (χ2v) is 12.2. The lowest BCUT2D eigenvalue weighted by atomic mass is 9.99. The number of hydrogen-bond acceptors (Lipinski definition) is 8. The zero-order valence-electron chi connectivity index (χ0n) is 23.3. The lowest BCUT2D eigenvalue weighted by Gasteiger charge is -2.32. The molecule has 1 N–H and O–H groups in total. The molecule has 4 atom stereocenters. The summed E-state index contributed by atoms with van der Waals surface area (Å²) in [5, 5.41) is 6.05. The molecular weight excluding hydrogens is 514 g/mol. The molecular formula is C29H39N5O4S. The van der Waals surface area contributed by atoms with Gasteiger partial charge in [-0.1, -0.05) is 32.9 Å². The number of piperazine rings is 1. The first-order valence-electron chi connectivity index (χ1n) is 14.0. The number of likely N-dealkylation sites (N-methyl/N-ethyl adjacent to an activating group) is 1. The summed E-state index contributed by atoms with van der Waals surface area (Å²) < 4.78 is 5.73. The minimum Gasteiger partial charge on any atom is -0.367 e. The first kappa shape index (κ1) is 27.7. The van der Waals surface area contributed by atoms with Gasteiger partial charge in [-0.05, 0) is 37.9 Å². The summed E-state index contributed by atoms with van der Waals surface area (Å²) >= 11 is 1.64. The van der Waals surface area contributed by atoms with Crippen LogP contribution in [0, 0.1) is 11.8 Å². The summed E-state index contributed by atoms with van der Waals surface area (Å²) in [6.45, 7) is 10.6. The molecule has 3 saturated heterocycles. The Morgan fingerprint density at radius 3 is 2.54 bits per heavy atom. The van der Waals surface area contributed by atoms with Crippen molar-refractivity contribution in [1.82, 2.24) is 20.1 Å². The van der Waals surface area contributed by atoms with Gasteiger partial charge in [0.2, 0.25) is 5.91 Å². The van der Waals surface area contributed by atoms with E-state index in [9.17, 15) is 14.4 Å². The summed E-state index contributed by atoms with van der Waals surface area (Å²) in [4.78, 5) is 50.6. The molecule has 2 amide bonds. The SMILES string of the molecule is CC[C@H]1CN(C(=O)[C@H](CC(C)C)NC(=O)c2ccc(-c3csc(N4CCN(C)CC4)n3)cc2)[C@@H]2C(=O)CO[C@H]12. The zero-order chi connectivity index (χ0) is 27.7. The van der Waals surface area contributed by atoms with Crippen LogP contribution in [-0.4, -0.2) is 96.9 Å². The van der Waals surface area contributed by atoms with Crippen LogP contribution in [0.4, 0.5) is 5.13 Å². The number of anilines is 1. The molecule has 5 rings (SSSR count). The van der Waals surface area contributed by atoms with Crippen LogP contribution in [0.2, 0.25) is 0 Å². The standard InChI is InChI=1S/C29H39N5O4S/c1-5-19-15-34(25-24(35)16-38-26(19)25)28(37)22(14-18(2)3)30-27(36)21-8-6-20(7-9-21)23-17-39-29(31-23)33-12-10-32(4)11-13-33/h6-9,17-19,22,25-26H,5,10-16H2,1-4H3,(H,30,36)/t19-,22-,25+,26+/m0/s1. The molecule has 0 saturated carbocycles. The number of rotatable bonds is 8. The molecule has 0 radical (unpaired) electrons. The van der Waals surface area contributed by atoms with E-state index < -0.39 is 12.1 Å². The highest BCUT2D eigenvalue weighted by atomic mass is 32.1. The maximum atomic E-state index is 13.7. The highest BCUT2D eigenvalue weighted by Crippen LogP contribution is 2.34. The highest BCUT2D eigenvalue weighted by molar-refractivity contribution is 7.14. The number of ketones is 1. The fourth-order valence-corrected chi connectivity index (χ4v) is 6.70. The predicted molar refractivity (Wildman–Crippen MR) is 152 cm³/mol. The summed E-state index contributed by atoms with van der Waals surface area (Å²) in [5.41, 5.74) is 2.33. The average molecular weight is 554 g/mol. The molecule has 3 fully saturated rings. The number of benzene rings is 1. The number of nitrogens with zero attached hydrogens (tertiary/aromatic N) is 4. The third kappa shape index (κ3) is 5.88. The monoisotopic (exact) mass is 553 g/mol. The number of ether oxygens (including phenoxy) is 1. The lowest BCUT2D eigenvalue weighted by molar-refractivity contribution is -0.138. The Bertz CT molecular complexity index is 1190. The van der Waals surface area contributed by atoms with Crippen molar-refractivity contribution in [1.29, 1.82) is 0 Å². The van der Waals surface area contributed by atoms with Crippen LogP contribution in [-0.2, 0) is 14.3 Å². The molecule has 0 spiro atoms. The number of thiazole rings is 1. The molecule has 1 aromatic heterocycles.